The van der Waals surface area contributed by atoms with Gasteiger partial charge in [-0.2, -0.15) is 0 Å². The molecule has 0 radical (unpaired) electrons. The normalized spacial score (nSPS) is 12.2. The fourth-order valence-electron chi connectivity index (χ4n) is 2.05. The molecule has 1 atom stereocenters. The number of carbonyl (C=O) groups is 1. The zero-order valence-corrected chi connectivity index (χ0v) is 14.4. The quantitative estimate of drug-likeness (QED) is 0.845. The average molecular weight is 325 g/mol. The minimum Gasteiger partial charge on any atom is -0.461 e. The maximum absolute atomic E-state index is 11.8. The summed E-state index contributed by atoms with van der Waals surface area (Å²) in [5.74, 6) is -0.364. The first-order chi connectivity index (χ1) is 9.92. The number of anilines is 1. The lowest BCUT2D eigenvalue weighted by atomic mass is 10.2. The number of esters is 1. The molecule has 0 spiro atoms. The number of ether oxygens (including phenoxy) is 1. The molecule has 0 aliphatic heterocycles. The molecule has 2 aromatic heterocycles. The third kappa shape index (κ3) is 3.59. The number of nitrogens with one attached hydrogen (secondary N) is 1. The number of hydrogen-bond donors (Lipinski definition) is 1. The van der Waals surface area contributed by atoms with Crippen molar-refractivity contribution in [3.63, 3.8) is 0 Å². The summed E-state index contributed by atoms with van der Waals surface area (Å²) in [6, 6.07) is 0.108. The molecule has 0 aliphatic carbocycles. The van der Waals surface area contributed by atoms with Gasteiger partial charge in [-0.3, -0.25) is 0 Å². The van der Waals surface area contributed by atoms with Crippen molar-refractivity contribution >= 4 is 33.8 Å². The summed E-state index contributed by atoms with van der Waals surface area (Å²) in [4.78, 5) is 22.6. The standard InChI is InChI=1S/C14H19N3O2S2/c1-6-19-13(18)11-9(4)20-14(17-11)16-8(3)12-7(2)15-10(5)21-12/h8H,6H2,1-5H3,(H,16,17). The Bertz CT molecular complexity index is 649. The van der Waals surface area contributed by atoms with Crippen LogP contribution >= 0.6 is 22.7 Å². The van der Waals surface area contributed by atoms with E-state index >= 15 is 0 Å². The summed E-state index contributed by atoms with van der Waals surface area (Å²) < 4.78 is 5.00. The molecule has 0 saturated carbocycles. The van der Waals surface area contributed by atoms with Crippen LogP contribution < -0.4 is 5.32 Å². The highest BCUT2D eigenvalue weighted by molar-refractivity contribution is 7.15. The molecule has 2 aromatic rings. The summed E-state index contributed by atoms with van der Waals surface area (Å²) in [6.07, 6.45) is 0. The van der Waals surface area contributed by atoms with Crippen LogP contribution in [0.1, 0.15) is 50.8 Å². The number of rotatable bonds is 5. The van der Waals surface area contributed by atoms with Crippen molar-refractivity contribution < 1.29 is 9.53 Å². The number of carbonyl (C=O) groups excluding carboxylic acids is 1. The van der Waals surface area contributed by atoms with Crippen molar-refractivity contribution in [1.29, 1.82) is 0 Å². The highest BCUT2D eigenvalue weighted by Crippen LogP contribution is 2.30. The molecule has 0 bridgehead atoms. The molecule has 5 nitrogen and oxygen atoms in total. The van der Waals surface area contributed by atoms with Gasteiger partial charge in [0.1, 0.15) is 0 Å². The van der Waals surface area contributed by atoms with Crippen LogP contribution in [0.4, 0.5) is 5.13 Å². The first-order valence-corrected chi connectivity index (χ1v) is 8.40. The second-order valence-electron chi connectivity index (χ2n) is 4.69. The van der Waals surface area contributed by atoms with Crippen LogP contribution in [0.3, 0.4) is 0 Å². The molecule has 0 amide bonds. The molecule has 7 heteroatoms. The molecule has 0 aromatic carbocycles. The van der Waals surface area contributed by atoms with E-state index in [9.17, 15) is 4.79 Å². The minimum atomic E-state index is -0.364. The fourth-order valence-corrected chi connectivity index (χ4v) is 3.86. The van der Waals surface area contributed by atoms with E-state index in [2.05, 4.69) is 22.2 Å². The van der Waals surface area contributed by atoms with Crippen molar-refractivity contribution in [2.75, 3.05) is 11.9 Å². The lowest BCUT2D eigenvalue weighted by Gasteiger charge is -2.11. The Labute approximate surface area is 132 Å². The van der Waals surface area contributed by atoms with Gasteiger partial charge >= 0.3 is 5.97 Å². The number of thiazole rings is 2. The van der Waals surface area contributed by atoms with Crippen LogP contribution in [0.5, 0.6) is 0 Å². The largest absolute Gasteiger partial charge is 0.461 e. The summed E-state index contributed by atoms with van der Waals surface area (Å²) in [5.41, 5.74) is 1.44. The van der Waals surface area contributed by atoms with Gasteiger partial charge in [-0.25, -0.2) is 14.8 Å². The Balaban J connectivity index is 2.15. The predicted octanol–water partition coefficient (Wildman–Crippen LogP) is 3.87. The van der Waals surface area contributed by atoms with Crippen molar-refractivity contribution in [3.05, 3.63) is 26.1 Å². The highest BCUT2D eigenvalue weighted by Gasteiger charge is 2.19. The van der Waals surface area contributed by atoms with Crippen LogP contribution in [0.15, 0.2) is 0 Å². The Morgan fingerprint density at radius 3 is 2.57 bits per heavy atom. The summed E-state index contributed by atoms with van der Waals surface area (Å²) in [5, 5.41) is 5.13. The first kappa shape index (κ1) is 15.9. The molecule has 21 heavy (non-hydrogen) atoms. The molecular formula is C14H19N3O2S2. The highest BCUT2D eigenvalue weighted by atomic mass is 32.1. The van der Waals surface area contributed by atoms with Gasteiger partial charge in [0.25, 0.3) is 0 Å². The topological polar surface area (TPSA) is 64.1 Å². The second kappa shape index (κ2) is 6.53. The third-order valence-electron chi connectivity index (χ3n) is 2.94. The van der Waals surface area contributed by atoms with Crippen LogP contribution in [-0.2, 0) is 4.74 Å². The van der Waals surface area contributed by atoms with Crippen molar-refractivity contribution in [2.24, 2.45) is 0 Å². The molecule has 2 rings (SSSR count). The van der Waals surface area contributed by atoms with Gasteiger partial charge < -0.3 is 10.1 Å². The molecule has 1 N–H and O–H groups in total. The van der Waals surface area contributed by atoms with Crippen LogP contribution in [-0.4, -0.2) is 22.5 Å². The van der Waals surface area contributed by atoms with E-state index in [0.717, 1.165) is 20.7 Å². The van der Waals surface area contributed by atoms with E-state index in [1.807, 2.05) is 20.8 Å². The smallest absolute Gasteiger partial charge is 0.358 e. The Kier molecular flexibility index (Phi) is 4.95. The van der Waals surface area contributed by atoms with Gasteiger partial charge in [0.15, 0.2) is 10.8 Å². The van der Waals surface area contributed by atoms with E-state index in [0.29, 0.717) is 12.3 Å². The molecule has 0 saturated heterocycles. The number of hydrogen-bond acceptors (Lipinski definition) is 7. The van der Waals surface area contributed by atoms with Crippen LogP contribution in [0, 0.1) is 20.8 Å². The predicted molar refractivity (Wildman–Crippen MR) is 86.4 cm³/mol. The lowest BCUT2D eigenvalue weighted by molar-refractivity contribution is 0.0519. The van der Waals surface area contributed by atoms with Crippen LogP contribution in [0.25, 0.3) is 0 Å². The van der Waals surface area contributed by atoms with Crippen molar-refractivity contribution in [3.8, 4) is 0 Å². The molecular weight excluding hydrogens is 306 g/mol. The van der Waals surface area contributed by atoms with Crippen LogP contribution in [0.2, 0.25) is 0 Å². The van der Waals surface area contributed by atoms with E-state index in [1.54, 1.807) is 18.3 Å². The maximum Gasteiger partial charge on any atom is 0.358 e. The van der Waals surface area contributed by atoms with Gasteiger partial charge in [0.05, 0.1) is 23.4 Å². The summed E-state index contributed by atoms with van der Waals surface area (Å²) in [6.45, 7) is 10.1. The fraction of sp³-hybridized carbons (Fsp3) is 0.500. The van der Waals surface area contributed by atoms with Gasteiger partial charge in [0.2, 0.25) is 0 Å². The molecule has 1 unspecified atom stereocenters. The number of aryl methyl sites for hydroxylation is 3. The Morgan fingerprint density at radius 2 is 2.00 bits per heavy atom. The second-order valence-corrected chi connectivity index (χ2v) is 7.13. The van der Waals surface area contributed by atoms with E-state index in [1.165, 1.54) is 16.2 Å². The molecule has 0 fully saturated rings. The van der Waals surface area contributed by atoms with Gasteiger partial charge in [-0.15, -0.1) is 22.7 Å². The van der Waals surface area contributed by atoms with Gasteiger partial charge in [-0.1, -0.05) is 0 Å². The minimum absolute atomic E-state index is 0.108. The first-order valence-electron chi connectivity index (χ1n) is 6.77. The van der Waals surface area contributed by atoms with Gasteiger partial charge in [0, 0.05) is 9.75 Å². The monoisotopic (exact) mass is 325 g/mol. The van der Waals surface area contributed by atoms with E-state index in [-0.39, 0.29) is 12.0 Å². The molecule has 0 aliphatic rings. The maximum atomic E-state index is 11.8. The lowest BCUT2D eigenvalue weighted by Crippen LogP contribution is -2.08. The van der Waals surface area contributed by atoms with Gasteiger partial charge in [-0.05, 0) is 34.6 Å². The van der Waals surface area contributed by atoms with Crippen molar-refractivity contribution in [2.45, 2.75) is 40.7 Å². The third-order valence-corrected chi connectivity index (χ3v) is 5.10. The SMILES string of the molecule is CCOC(=O)c1nc(NC(C)c2sc(C)nc2C)sc1C. The molecule has 114 valence electrons. The number of nitrogens with zero attached hydrogens (tertiary/aromatic N) is 2. The van der Waals surface area contributed by atoms with Crippen molar-refractivity contribution in [1.82, 2.24) is 9.97 Å². The zero-order valence-electron chi connectivity index (χ0n) is 12.8. The molecule has 2 heterocycles. The Morgan fingerprint density at radius 1 is 1.29 bits per heavy atom. The Hall–Kier alpha value is -1.47. The zero-order chi connectivity index (χ0) is 15.6. The number of aromatic nitrogens is 2. The van der Waals surface area contributed by atoms with E-state index < -0.39 is 0 Å². The van der Waals surface area contributed by atoms with E-state index in [4.69, 9.17) is 4.74 Å². The summed E-state index contributed by atoms with van der Waals surface area (Å²) >= 11 is 3.14. The average Bonchev–Trinajstić information content (AvgIpc) is 2.92. The summed E-state index contributed by atoms with van der Waals surface area (Å²) in [7, 11) is 0.